The van der Waals surface area contributed by atoms with Gasteiger partial charge in [0.15, 0.2) is 0 Å². The fourth-order valence-electron chi connectivity index (χ4n) is 2.60. The number of nitrogen functional groups attached to an aromatic ring is 1. The maximum atomic E-state index is 12.5. The van der Waals surface area contributed by atoms with E-state index in [9.17, 15) is 8.42 Å². The summed E-state index contributed by atoms with van der Waals surface area (Å²) < 4.78 is 26.5. The van der Waals surface area contributed by atoms with Gasteiger partial charge in [0.1, 0.15) is 0 Å². The van der Waals surface area contributed by atoms with Gasteiger partial charge in [-0.15, -0.1) is 0 Å². The Morgan fingerprint density at radius 1 is 1.14 bits per heavy atom. The van der Waals surface area contributed by atoms with E-state index in [1.54, 1.807) is 28.6 Å². The molecule has 1 aliphatic rings. The minimum atomic E-state index is -3.24. The number of nitrogens with two attached hydrogens (primary N) is 1. The molecule has 1 unspecified atom stereocenters. The summed E-state index contributed by atoms with van der Waals surface area (Å²) in [7, 11) is -3.24. The second kappa shape index (κ2) is 6.77. The van der Waals surface area contributed by atoms with Crippen LogP contribution in [0.15, 0.2) is 24.3 Å². The molecule has 0 aliphatic carbocycles. The normalized spacial score (nSPS) is 19.5. The Labute approximate surface area is 127 Å². The van der Waals surface area contributed by atoms with Gasteiger partial charge < -0.3 is 5.73 Å². The first-order valence-corrected chi connectivity index (χ1v) is 9.09. The molecule has 2 rings (SSSR count). The van der Waals surface area contributed by atoms with Crippen molar-refractivity contribution in [2.24, 2.45) is 0 Å². The average Bonchev–Trinajstić information content (AvgIpc) is 2.49. The van der Waals surface area contributed by atoms with E-state index in [0.29, 0.717) is 24.8 Å². The van der Waals surface area contributed by atoms with Gasteiger partial charge in [-0.3, -0.25) is 4.90 Å². The summed E-state index contributed by atoms with van der Waals surface area (Å²) in [6, 6.07) is 7.56. The van der Waals surface area contributed by atoms with E-state index in [4.69, 9.17) is 5.73 Å². The molecule has 2 N–H and O–H groups in total. The zero-order valence-corrected chi connectivity index (χ0v) is 13.6. The van der Waals surface area contributed by atoms with Gasteiger partial charge in [-0.2, -0.15) is 4.31 Å². The summed E-state index contributed by atoms with van der Waals surface area (Å²) in [6.45, 7) is 7.16. The molecular formula is C15H25N3O2S. The Morgan fingerprint density at radius 2 is 1.71 bits per heavy atom. The lowest BCUT2D eigenvalue weighted by molar-refractivity contribution is 0.142. The fraction of sp³-hybridized carbons (Fsp3) is 0.600. The second-order valence-electron chi connectivity index (χ2n) is 5.69. The van der Waals surface area contributed by atoms with Crippen molar-refractivity contribution >= 4 is 15.7 Å². The van der Waals surface area contributed by atoms with Crippen molar-refractivity contribution in [2.45, 2.75) is 32.1 Å². The van der Waals surface area contributed by atoms with Crippen molar-refractivity contribution in [2.75, 3.05) is 31.9 Å². The highest BCUT2D eigenvalue weighted by atomic mass is 32.2. The topological polar surface area (TPSA) is 66.6 Å². The molecule has 1 saturated heterocycles. The van der Waals surface area contributed by atoms with Crippen LogP contribution in [0, 0.1) is 0 Å². The van der Waals surface area contributed by atoms with Crippen LogP contribution in [0.4, 0.5) is 5.69 Å². The first-order valence-electron chi connectivity index (χ1n) is 7.48. The molecule has 0 saturated carbocycles. The van der Waals surface area contributed by atoms with Crippen LogP contribution in [-0.2, 0) is 15.8 Å². The quantitative estimate of drug-likeness (QED) is 0.837. The lowest BCUT2D eigenvalue weighted by Crippen LogP contribution is -2.51. The Balaban J connectivity index is 1.96. The summed E-state index contributed by atoms with van der Waals surface area (Å²) in [4.78, 5) is 2.36. The van der Waals surface area contributed by atoms with E-state index < -0.39 is 10.0 Å². The largest absolute Gasteiger partial charge is 0.399 e. The number of piperazine rings is 1. The van der Waals surface area contributed by atoms with E-state index in [2.05, 4.69) is 18.7 Å². The third-order valence-corrected chi connectivity index (χ3v) is 6.06. The molecule has 0 spiro atoms. The molecule has 118 valence electrons. The lowest BCUT2D eigenvalue weighted by atomic mass is 10.2. The summed E-state index contributed by atoms with van der Waals surface area (Å²) in [5.74, 6) is 0.0522. The molecule has 0 amide bonds. The smallest absolute Gasteiger partial charge is 0.218 e. The summed E-state index contributed by atoms with van der Waals surface area (Å²) in [6.07, 6.45) is 1.10. The van der Waals surface area contributed by atoms with Gasteiger partial charge in [0.05, 0.1) is 5.75 Å². The standard InChI is InChI=1S/C15H25N3O2S/c1-3-13(2)17-8-10-18(11-9-17)21(19,20)12-14-4-6-15(16)7-5-14/h4-7,13H,3,8-12,16H2,1-2H3. The Morgan fingerprint density at radius 3 is 2.24 bits per heavy atom. The van der Waals surface area contributed by atoms with Gasteiger partial charge in [0.2, 0.25) is 10.0 Å². The van der Waals surface area contributed by atoms with Crippen LogP contribution in [0.3, 0.4) is 0 Å². The number of nitrogens with zero attached hydrogens (tertiary/aromatic N) is 2. The molecule has 1 heterocycles. The molecule has 1 aromatic rings. The molecule has 0 aromatic heterocycles. The summed E-state index contributed by atoms with van der Waals surface area (Å²) in [5.41, 5.74) is 7.06. The summed E-state index contributed by atoms with van der Waals surface area (Å²) >= 11 is 0. The van der Waals surface area contributed by atoms with E-state index in [1.165, 1.54) is 0 Å². The molecule has 1 aliphatic heterocycles. The number of anilines is 1. The predicted molar refractivity (Wildman–Crippen MR) is 86.4 cm³/mol. The second-order valence-corrected chi connectivity index (χ2v) is 7.66. The van der Waals surface area contributed by atoms with E-state index >= 15 is 0 Å². The highest BCUT2D eigenvalue weighted by Gasteiger charge is 2.28. The molecule has 0 radical (unpaired) electrons. The van der Waals surface area contributed by atoms with E-state index in [1.807, 2.05) is 0 Å². The van der Waals surface area contributed by atoms with Gasteiger partial charge in [0, 0.05) is 37.9 Å². The molecule has 5 nitrogen and oxygen atoms in total. The molecule has 21 heavy (non-hydrogen) atoms. The van der Waals surface area contributed by atoms with Gasteiger partial charge in [0.25, 0.3) is 0 Å². The van der Waals surface area contributed by atoms with Crippen LogP contribution in [-0.4, -0.2) is 49.8 Å². The maximum absolute atomic E-state index is 12.5. The monoisotopic (exact) mass is 311 g/mol. The zero-order chi connectivity index (χ0) is 15.5. The number of benzene rings is 1. The first kappa shape index (κ1) is 16.3. The number of rotatable bonds is 5. The minimum absolute atomic E-state index is 0.0522. The number of sulfonamides is 1. The third kappa shape index (κ3) is 4.18. The third-order valence-electron chi connectivity index (χ3n) is 4.21. The molecular weight excluding hydrogens is 286 g/mol. The van der Waals surface area contributed by atoms with Gasteiger partial charge in [-0.25, -0.2) is 8.42 Å². The van der Waals surface area contributed by atoms with Gasteiger partial charge in [-0.1, -0.05) is 19.1 Å². The van der Waals surface area contributed by atoms with Crippen LogP contribution in [0.5, 0.6) is 0 Å². The van der Waals surface area contributed by atoms with Crippen LogP contribution >= 0.6 is 0 Å². The highest BCUT2D eigenvalue weighted by molar-refractivity contribution is 7.88. The molecule has 6 heteroatoms. The number of hydrogen-bond donors (Lipinski definition) is 1. The van der Waals surface area contributed by atoms with Gasteiger partial charge >= 0.3 is 0 Å². The SMILES string of the molecule is CCC(C)N1CCN(S(=O)(=O)Cc2ccc(N)cc2)CC1. The minimum Gasteiger partial charge on any atom is -0.399 e. The average molecular weight is 311 g/mol. The zero-order valence-electron chi connectivity index (χ0n) is 12.8. The Kier molecular flexibility index (Phi) is 5.24. The van der Waals surface area contributed by atoms with Crippen molar-refractivity contribution in [1.29, 1.82) is 0 Å². The predicted octanol–water partition coefficient (Wildman–Crippen LogP) is 1.51. The van der Waals surface area contributed by atoms with Crippen LogP contribution < -0.4 is 5.73 Å². The van der Waals surface area contributed by atoms with Crippen molar-refractivity contribution < 1.29 is 8.42 Å². The fourth-order valence-corrected chi connectivity index (χ4v) is 4.11. The lowest BCUT2D eigenvalue weighted by Gasteiger charge is -2.37. The van der Waals surface area contributed by atoms with E-state index in [0.717, 1.165) is 25.1 Å². The highest BCUT2D eigenvalue weighted by Crippen LogP contribution is 2.16. The molecule has 1 fully saturated rings. The van der Waals surface area contributed by atoms with E-state index in [-0.39, 0.29) is 5.75 Å². The van der Waals surface area contributed by atoms with Crippen LogP contribution in [0.1, 0.15) is 25.8 Å². The van der Waals surface area contributed by atoms with Gasteiger partial charge in [-0.05, 0) is 31.0 Å². The van der Waals surface area contributed by atoms with Crippen molar-refractivity contribution in [3.8, 4) is 0 Å². The van der Waals surface area contributed by atoms with Crippen LogP contribution in [0.2, 0.25) is 0 Å². The Hall–Kier alpha value is -1.11. The molecule has 1 atom stereocenters. The summed E-state index contributed by atoms with van der Waals surface area (Å²) in [5, 5.41) is 0. The van der Waals surface area contributed by atoms with Crippen molar-refractivity contribution in [3.05, 3.63) is 29.8 Å². The van der Waals surface area contributed by atoms with Crippen molar-refractivity contribution in [3.63, 3.8) is 0 Å². The Bertz CT molecular complexity index is 549. The van der Waals surface area contributed by atoms with Crippen molar-refractivity contribution in [1.82, 2.24) is 9.21 Å². The number of hydrogen-bond acceptors (Lipinski definition) is 4. The maximum Gasteiger partial charge on any atom is 0.218 e. The molecule has 1 aromatic carbocycles. The first-order chi connectivity index (χ1) is 9.92. The molecule has 0 bridgehead atoms. The van der Waals surface area contributed by atoms with Crippen LogP contribution in [0.25, 0.3) is 0 Å².